The van der Waals surface area contributed by atoms with Crippen LogP contribution in [0, 0.1) is 11.8 Å². The summed E-state index contributed by atoms with van der Waals surface area (Å²) in [5.41, 5.74) is 22.1. The second-order valence-corrected chi connectivity index (χ2v) is 27.2. The summed E-state index contributed by atoms with van der Waals surface area (Å²) in [6, 6.07) is -22.2. The molecule has 2 aliphatic heterocycles. The molecule has 0 spiro atoms. The summed E-state index contributed by atoms with van der Waals surface area (Å²) in [6.45, 7) is 2.88. The minimum Gasteiger partial charge on any atom is -0.481 e. The molecule has 0 aromatic carbocycles. The molecule has 2 heterocycles. The molecule has 2 rings (SSSR count). The van der Waals surface area contributed by atoms with Crippen molar-refractivity contribution in [2.75, 3.05) is 58.4 Å². The molecule has 0 saturated carbocycles. The molecule has 43 nitrogen and oxygen atoms in total. The van der Waals surface area contributed by atoms with Gasteiger partial charge < -0.3 is 132 Å². The molecule has 0 aromatic heterocycles. The van der Waals surface area contributed by atoms with Crippen LogP contribution < -0.4 is 86.7 Å². The molecule has 44 heteroatoms. The third-order valence-electron chi connectivity index (χ3n) is 17.1. The van der Waals surface area contributed by atoms with Crippen molar-refractivity contribution in [1.82, 2.24) is 73.6 Å². The Bertz CT molecular complexity index is 3150. The highest BCUT2D eigenvalue weighted by Gasteiger charge is 2.43. The number of primary amides is 2. The molecule has 16 amide bonds. The highest BCUT2D eigenvalue weighted by Crippen LogP contribution is 2.23. The highest BCUT2D eigenvalue weighted by atomic mass is 32.1. The predicted molar refractivity (Wildman–Crippen MR) is 379 cm³/mol. The molecule has 0 aliphatic carbocycles. The number of carbonyl (C=O) groups excluding carboxylic acids is 16. The molecular weight excluding hydrogens is 1450 g/mol. The maximum atomic E-state index is 14.4. The van der Waals surface area contributed by atoms with Crippen molar-refractivity contribution in [3.05, 3.63) is 0 Å². The number of carbonyl (C=O) groups is 18. The van der Waals surface area contributed by atoms with Gasteiger partial charge in [0.2, 0.25) is 94.5 Å². The molecule has 2 aliphatic rings. The van der Waals surface area contributed by atoms with Gasteiger partial charge in [0.05, 0.1) is 39.1 Å². The Hall–Kier alpha value is -9.47. The van der Waals surface area contributed by atoms with E-state index in [0.29, 0.717) is 6.42 Å². The van der Waals surface area contributed by atoms with Gasteiger partial charge in [-0.3, -0.25) is 81.5 Å². The molecule has 610 valence electrons. The largest absolute Gasteiger partial charge is 0.481 e. The normalized spacial score (nSPS) is 17.7. The predicted octanol–water partition coefficient (Wildman–Crippen LogP) is -11.3. The lowest BCUT2D eigenvalue weighted by atomic mass is 10.0. The fourth-order valence-corrected chi connectivity index (χ4v) is 11.5. The van der Waals surface area contributed by atoms with E-state index in [1.165, 1.54) is 0 Å². The molecule has 2 saturated heterocycles. The van der Waals surface area contributed by atoms with Crippen LogP contribution in [0.25, 0.3) is 0 Å². The number of aliphatic hydroxyl groups is 5. The maximum Gasteiger partial charge on any atom is 0.328 e. The van der Waals surface area contributed by atoms with Gasteiger partial charge in [-0.25, -0.2) is 4.79 Å². The van der Waals surface area contributed by atoms with Gasteiger partial charge in [0.15, 0.2) is 0 Å². The van der Waals surface area contributed by atoms with Crippen molar-refractivity contribution in [2.24, 2.45) is 34.8 Å². The van der Waals surface area contributed by atoms with Gasteiger partial charge in [0, 0.05) is 38.1 Å². The summed E-state index contributed by atoms with van der Waals surface area (Å²) in [6.07, 6.45) is -4.28. The lowest BCUT2D eigenvalue weighted by molar-refractivity contribution is -0.145. The Kier molecular flexibility index (Phi) is 42.1. The van der Waals surface area contributed by atoms with E-state index in [4.69, 9.17) is 22.9 Å². The van der Waals surface area contributed by atoms with Crippen LogP contribution >= 0.6 is 12.6 Å². The molecular formula is C64H108N18O25S. The van der Waals surface area contributed by atoms with Crippen molar-refractivity contribution >= 4 is 119 Å². The summed E-state index contributed by atoms with van der Waals surface area (Å²) in [7, 11) is 0. The number of hydrogen-bond donors (Lipinski definition) is 24. The van der Waals surface area contributed by atoms with Crippen molar-refractivity contribution in [2.45, 2.75) is 222 Å². The van der Waals surface area contributed by atoms with Crippen molar-refractivity contribution in [1.29, 1.82) is 0 Å². The van der Waals surface area contributed by atoms with Gasteiger partial charge in [-0.2, -0.15) is 12.6 Å². The third kappa shape index (κ3) is 32.2. The van der Waals surface area contributed by atoms with Crippen LogP contribution in [-0.2, 0) is 86.3 Å². The summed E-state index contributed by atoms with van der Waals surface area (Å²) < 4.78 is 0. The van der Waals surface area contributed by atoms with Gasteiger partial charge >= 0.3 is 11.9 Å². The Morgan fingerprint density at radius 2 is 0.843 bits per heavy atom. The third-order valence-corrected chi connectivity index (χ3v) is 17.5. The van der Waals surface area contributed by atoms with Crippen LogP contribution in [0.4, 0.5) is 0 Å². The molecule has 108 heavy (non-hydrogen) atoms. The quantitative estimate of drug-likeness (QED) is 0.0199. The van der Waals surface area contributed by atoms with E-state index in [1.807, 2.05) is 5.32 Å². The van der Waals surface area contributed by atoms with Crippen LogP contribution in [-0.4, -0.2) is 301 Å². The number of likely N-dealkylation sites (tertiary alicyclic amines) is 2. The zero-order chi connectivity index (χ0) is 81.8. The second-order valence-electron chi connectivity index (χ2n) is 26.8. The SMILES string of the molecule is CC(C)C[C@H](NC(=O)CNC(=O)[C@H](CO)NC(=O)[C@@H](NC(=O)[C@H](CCC(N)=O)NC(=O)[C@@H]1CCCN1C(=O)[C@H](CC(C)C)NC(=O)[C@H](CO)NC(=O)[C@H](CS)NC(=O)[C@@H](N)CO)C(C)O)C(=O)N[C@@H](CCC(N)=O)C(=O)N[C@@H](CCCCN)C(=O)N1CCC[C@H]1C(=O)N[C@@H](CCC(=O)O)C(=O)N[C@@H](CO)C(=O)O. The second kappa shape index (κ2) is 48.0. The Morgan fingerprint density at radius 3 is 1.30 bits per heavy atom. The van der Waals surface area contributed by atoms with E-state index in [2.05, 4.69) is 71.1 Å². The fraction of sp³-hybridized carbons (Fsp3) is 0.719. The number of thiol groups is 1. The van der Waals surface area contributed by atoms with Gasteiger partial charge in [0.1, 0.15) is 84.6 Å². The maximum absolute atomic E-state index is 14.4. The number of unbranched alkanes of at least 4 members (excludes halogenated alkanes) is 1. The molecule has 0 bridgehead atoms. The summed E-state index contributed by atoms with van der Waals surface area (Å²) >= 11 is 4.03. The Labute approximate surface area is 627 Å². The highest BCUT2D eigenvalue weighted by molar-refractivity contribution is 7.80. The summed E-state index contributed by atoms with van der Waals surface area (Å²) in [5.74, 6) is -20.3. The minimum absolute atomic E-state index is 0.00112. The number of nitrogens with two attached hydrogens (primary N) is 4. The van der Waals surface area contributed by atoms with Crippen molar-refractivity contribution < 1.29 is 122 Å². The van der Waals surface area contributed by atoms with E-state index in [9.17, 15) is 122 Å². The first-order chi connectivity index (χ1) is 50.8. The van der Waals surface area contributed by atoms with Crippen LogP contribution in [0.1, 0.15) is 131 Å². The first kappa shape index (κ1) is 94.6. The van der Waals surface area contributed by atoms with Crippen LogP contribution in [0.5, 0.6) is 0 Å². The Morgan fingerprint density at radius 1 is 0.444 bits per heavy atom. The Balaban J connectivity index is 2.30. The monoisotopic (exact) mass is 1560 g/mol. The lowest BCUT2D eigenvalue weighted by Gasteiger charge is -2.31. The first-order valence-corrected chi connectivity index (χ1v) is 35.8. The molecule has 0 radical (unpaired) electrons. The fourth-order valence-electron chi connectivity index (χ4n) is 11.3. The molecule has 0 aromatic rings. The van der Waals surface area contributed by atoms with Crippen molar-refractivity contribution in [3.8, 4) is 0 Å². The average molecular weight is 1560 g/mol. The number of nitrogens with one attached hydrogen (secondary N) is 12. The number of hydrogen-bond acceptors (Lipinski definition) is 26. The van der Waals surface area contributed by atoms with Crippen LogP contribution in [0.2, 0.25) is 0 Å². The topological polar surface area (TPSA) is 704 Å². The van der Waals surface area contributed by atoms with Gasteiger partial charge in [-0.1, -0.05) is 27.7 Å². The number of amides is 16. The smallest absolute Gasteiger partial charge is 0.328 e. The van der Waals surface area contributed by atoms with E-state index in [1.54, 1.807) is 27.7 Å². The lowest BCUT2D eigenvalue weighted by Crippen LogP contribution is -2.62. The molecule has 2 fully saturated rings. The number of aliphatic hydroxyl groups excluding tert-OH is 5. The number of nitrogens with zero attached hydrogens (tertiary/aromatic N) is 2. The molecule has 27 N–H and O–H groups in total. The summed E-state index contributed by atoms with van der Waals surface area (Å²) in [4.78, 5) is 241. The molecule has 1 unspecified atom stereocenters. The molecule has 15 atom stereocenters. The number of rotatable bonds is 50. The number of aliphatic carboxylic acids is 2. The van der Waals surface area contributed by atoms with E-state index < -0.39 is 269 Å². The van der Waals surface area contributed by atoms with E-state index in [0.717, 1.165) is 16.7 Å². The van der Waals surface area contributed by atoms with E-state index >= 15 is 0 Å². The number of carboxylic acid groups (broad SMARTS) is 2. The van der Waals surface area contributed by atoms with Crippen LogP contribution in [0.3, 0.4) is 0 Å². The summed E-state index contributed by atoms with van der Waals surface area (Å²) in [5, 5.41) is 96.3. The minimum atomic E-state index is -1.99. The van der Waals surface area contributed by atoms with Gasteiger partial charge in [0.25, 0.3) is 0 Å². The van der Waals surface area contributed by atoms with E-state index in [-0.39, 0.29) is 88.6 Å². The average Bonchev–Trinajstić information content (AvgIpc) is 1.62. The van der Waals surface area contributed by atoms with Gasteiger partial charge in [-0.05, 0) is 102 Å². The van der Waals surface area contributed by atoms with Crippen LogP contribution in [0.15, 0.2) is 0 Å². The van der Waals surface area contributed by atoms with Gasteiger partial charge in [-0.15, -0.1) is 0 Å². The number of carboxylic acids is 2. The van der Waals surface area contributed by atoms with Crippen molar-refractivity contribution in [3.63, 3.8) is 0 Å². The standard InChI is InChI=1S/C64H108N18O25S/c1-30(2)22-38(56(98)71-34(13-16-46(67)88)53(95)74-37(10-6-7-19-65)62(104)81-20-8-11-44(81)59(101)73-36(15-18-49(91)92)54(96)78-42(28-86)64(106)107)70-48(90)24-69-52(94)40(26-84)77-61(103)50(32(5)87)80-55(97)35(14-17-47(68)89)72-60(102)45-12-9-21-82(45)63(105)39(23-31(3)4)75-57(99)41(27-85)76-58(100)43(29-108)79-51(93)33(66)25-83/h30-45,50,83-87,108H,6-29,65-66H2,1-5H3,(H2,67,88)(H2,68,89)(H,69,94)(H,70,90)(H,71,98)(H,72,102)(H,73,101)(H,74,95)(H,75,99)(H,76,100)(H,77,103)(H,78,96)(H,79,93)(H,80,97)(H,91,92)(H,106,107)/t32?,33-,34-,35-,36-,37-,38-,39-,40-,41-,42-,43-,44-,45-,50-/m0/s1. The first-order valence-electron chi connectivity index (χ1n) is 35.2. The zero-order valence-electron chi connectivity index (χ0n) is 60.9. The zero-order valence-corrected chi connectivity index (χ0v) is 61.8.